The summed E-state index contributed by atoms with van der Waals surface area (Å²) in [6.45, 7) is 7.10. The molecule has 4 nitrogen and oxygen atoms in total. The number of carbonyl (C=O) groups excluding carboxylic acids is 1. The van der Waals surface area contributed by atoms with Gasteiger partial charge >= 0.3 is 5.97 Å². The maximum atomic E-state index is 11.7. The third kappa shape index (κ3) is 6.30. The van der Waals surface area contributed by atoms with Crippen molar-refractivity contribution in [2.24, 2.45) is 17.8 Å². The van der Waals surface area contributed by atoms with Crippen LogP contribution in [-0.2, 0) is 14.9 Å². The molecule has 2 fully saturated rings. The number of anilines is 4. The average Bonchev–Trinajstić information content (AvgIpc) is 2.89. The standard InChI is InChI=1S/C34H40N2O2/c1-4-38-33(37)18-9-27-7-5-6-8-32(27)36-31-16-14-30(15-17-31)35-29-12-10-28(11-13-29)34(3)22-25-19-24(2)20-26(21-25)23-34/h5-18,24-26,35-36H,4,19-23H2,1-3H3/b18-9+. The van der Waals surface area contributed by atoms with Crippen molar-refractivity contribution < 1.29 is 9.53 Å². The molecule has 2 aliphatic rings. The lowest BCUT2D eigenvalue weighted by Gasteiger charge is -2.47. The van der Waals surface area contributed by atoms with Gasteiger partial charge in [-0.15, -0.1) is 0 Å². The van der Waals surface area contributed by atoms with E-state index in [-0.39, 0.29) is 5.97 Å². The maximum absolute atomic E-state index is 11.7. The van der Waals surface area contributed by atoms with Crippen molar-refractivity contribution in [2.45, 2.75) is 58.3 Å². The molecule has 2 atom stereocenters. The molecule has 0 saturated heterocycles. The van der Waals surface area contributed by atoms with E-state index < -0.39 is 0 Å². The van der Waals surface area contributed by atoms with Crippen LogP contribution >= 0.6 is 0 Å². The molecule has 0 spiro atoms. The first-order valence-corrected chi connectivity index (χ1v) is 14.1. The van der Waals surface area contributed by atoms with E-state index in [9.17, 15) is 4.79 Å². The van der Waals surface area contributed by atoms with E-state index >= 15 is 0 Å². The van der Waals surface area contributed by atoms with Crippen LogP contribution in [0.1, 0.15) is 64.0 Å². The van der Waals surface area contributed by atoms with Crippen molar-refractivity contribution in [1.29, 1.82) is 0 Å². The highest BCUT2D eigenvalue weighted by Crippen LogP contribution is 2.51. The highest BCUT2D eigenvalue weighted by molar-refractivity contribution is 5.88. The summed E-state index contributed by atoms with van der Waals surface area (Å²) in [7, 11) is 0. The average molecular weight is 509 g/mol. The van der Waals surface area contributed by atoms with Gasteiger partial charge in [-0.1, -0.05) is 44.2 Å². The molecule has 5 rings (SSSR count). The van der Waals surface area contributed by atoms with Gasteiger partial charge in [-0.25, -0.2) is 4.79 Å². The van der Waals surface area contributed by atoms with Crippen LogP contribution in [0.2, 0.25) is 0 Å². The Balaban J connectivity index is 1.21. The molecule has 2 saturated carbocycles. The molecule has 0 aliphatic heterocycles. The van der Waals surface area contributed by atoms with Crippen molar-refractivity contribution >= 4 is 34.8 Å². The fourth-order valence-corrected chi connectivity index (χ4v) is 6.84. The van der Waals surface area contributed by atoms with Gasteiger partial charge in [0.25, 0.3) is 0 Å². The summed E-state index contributed by atoms with van der Waals surface area (Å²) in [4.78, 5) is 11.7. The number of fused-ring (bicyclic) bond motifs is 2. The third-order valence-corrected chi connectivity index (χ3v) is 8.30. The second kappa shape index (κ2) is 11.5. The minimum absolute atomic E-state index is 0.307. The Morgan fingerprint density at radius 1 is 0.868 bits per heavy atom. The molecule has 38 heavy (non-hydrogen) atoms. The van der Waals surface area contributed by atoms with Crippen molar-refractivity contribution in [3.63, 3.8) is 0 Å². The van der Waals surface area contributed by atoms with Gasteiger partial charge in [0.15, 0.2) is 0 Å². The molecule has 0 radical (unpaired) electrons. The van der Waals surface area contributed by atoms with Gasteiger partial charge < -0.3 is 15.4 Å². The number of esters is 1. The van der Waals surface area contributed by atoms with E-state index in [1.54, 1.807) is 13.0 Å². The normalized spacial score (nSPS) is 24.7. The Bertz CT molecular complexity index is 1240. The first-order chi connectivity index (χ1) is 18.4. The van der Waals surface area contributed by atoms with Crippen LogP contribution in [0.15, 0.2) is 78.9 Å². The van der Waals surface area contributed by atoms with Gasteiger partial charge in [-0.3, -0.25) is 0 Å². The minimum atomic E-state index is -0.337. The van der Waals surface area contributed by atoms with Crippen LogP contribution in [-0.4, -0.2) is 12.6 Å². The SMILES string of the molecule is CCOC(=O)/C=C/c1ccccc1Nc1ccc(Nc2ccc(C3(C)CC4CC(C)CC(C4)C3)cc2)cc1. The van der Waals surface area contributed by atoms with Crippen LogP contribution in [0.4, 0.5) is 22.7 Å². The highest BCUT2D eigenvalue weighted by Gasteiger charge is 2.41. The Morgan fingerprint density at radius 3 is 2.08 bits per heavy atom. The van der Waals surface area contributed by atoms with Crippen LogP contribution in [0.3, 0.4) is 0 Å². The summed E-state index contributed by atoms with van der Waals surface area (Å²) in [5.74, 6) is 2.36. The predicted octanol–water partition coefficient (Wildman–Crippen LogP) is 8.85. The molecule has 3 aromatic carbocycles. The molecule has 2 bridgehead atoms. The molecule has 4 heteroatoms. The Kier molecular flexibility index (Phi) is 7.87. The summed E-state index contributed by atoms with van der Waals surface area (Å²) in [5.41, 5.74) is 6.78. The van der Waals surface area contributed by atoms with Crippen molar-refractivity contribution in [2.75, 3.05) is 17.2 Å². The molecule has 2 N–H and O–H groups in total. The lowest BCUT2D eigenvalue weighted by molar-refractivity contribution is -0.137. The predicted molar refractivity (Wildman–Crippen MR) is 158 cm³/mol. The smallest absolute Gasteiger partial charge is 0.330 e. The van der Waals surface area contributed by atoms with E-state index in [0.29, 0.717) is 12.0 Å². The number of rotatable bonds is 8. The van der Waals surface area contributed by atoms with Crippen molar-refractivity contribution in [1.82, 2.24) is 0 Å². The summed E-state index contributed by atoms with van der Waals surface area (Å²) in [6.07, 6.45) is 10.2. The Morgan fingerprint density at radius 2 is 1.45 bits per heavy atom. The summed E-state index contributed by atoms with van der Waals surface area (Å²) < 4.78 is 4.99. The van der Waals surface area contributed by atoms with E-state index in [1.807, 2.05) is 24.3 Å². The number of para-hydroxylation sites is 1. The second-order valence-corrected chi connectivity index (χ2v) is 11.6. The minimum Gasteiger partial charge on any atom is -0.463 e. The van der Waals surface area contributed by atoms with Gasteiger partial charge in [0, 0.05) is 28.8 Å². The zero-order valence-electron chi connectivity index (χ0n) is 22.9. The second-order valence-electron chi connectivity index (χ2n) is 11.6. The zero-order valence-corrected chi connectivity index (χ0v) is 22.9. The number of nitrogens with one attached hydrogen (secondary N) is 2. The van der Waals surface area contributed by atoms with Gasteiger partial charge in [0.2, 0.25) is 0 Å². The number of hydrogen-bond acceptors (Lipinski definition) is 4. The fourth-order valence-electron chi connectivity index (χ4n) is 6.84. The molecule has 198 valence electrons. The maximum Gasteiger partial charge on any atom is 0.330 e. The lowest BCUT2D eigenvalue weighted by atomic mass is 9.57. The number of benzene rings is 3. The van der Waals surface area contributed by atoms with E-state index in [4.69, 9.17) is 4.74 Å². The van der Waals surface area contributed by atoms with E-state index in [1.165, 1.54) is 43.7 Å². The van der Waals surface area contributed by atoms with Crippen LogP contribution < -0.4 is 10.6 Å². The summed E-state index contributed by atoms with van der Waals surface area (Å²) in [6, 6.07) is 25.3. The lowest BCUT2D eigenvalue weighted by Crippen LogP contribution is -2.38. The fraction of sp³-hybridized carbons (Fsp3) is 0.382. The van der Waals surface area contributed by atoms with E-state index in [0.717, 1.165) is 46.1 Å². The first-order valence-electron chi connectivity index (χ1n) is 14.1. The molecule has 2 unspecified atom stereocenters. The number of carbonyl (C=O) groups is 1. The topological polar surface area (TPSA) is 50.4 Å². The molecule has 0 heterocycles. The summed E-state index contributed by atoms with van der Waals surface area (Å²) >= 11 is 0. The van der Waals surface area contributed by atoms with Crippen molar-refractivity contribution in [3.8, 4) is 0 Å². The zero-order chi connectivity index (χ0) is 26.5. The first kappa shape index (κ1) is 26.1. The number of hydrogen-bond donors (Lipinski definition) is 2. The van der Waals surface area contributed by atoms with Crippen LogP contribution in [0, 0.1) is 17.8 Å². The number of ether oxygens (including phenoxy) is 1. The molecule has 3 aromatic rings. The monoisotopic (exact) mass is 508 g/mol. The van der Waals surface area contributed by atoms with Crippen LogP contribution in [0.25, 0.3) is 6.08 Å². The largest absolute Gasteiger partial charge is 0.463 e. The molecule has 0 amide bonds. The van der Waals surface area contributed by atoms with Crippen LogP contribution in [0.5, 0.6) is 0 Å². The highest BCUT2D eigenvalue weighted by atomic mass is 16.5. The summed E-state index contributed by atoms with van der Waals surface area (Å²) in [5, 5.41) is 7.00. The van der Waals surface area contributed by atoms with Gasteiger partial charge in [-0.2, -0.15) is 0 Å². The Labute approximate surface area is 227 Å². The molecule has 0 aromatic heterocycles. The Hall–Kier alpha value is -3.53. The molecular formula is C34H40N2O2. The third-order valence-electron chi connectivity index (χ3n) is 8.30. The van der Waals surface area contributed by atoms with Crippen molar-refractivity contribution in [3.05, 3.63) is 90.0 Å². The quantitative estimate of drug-likeness (QED) is 0.236. The van der Waals surface area contributed by atoms with E-state index in [2.05, 4.69) is 73.0 Å². The molecule has 2 aliphatic carbocycles. The molecular weight excluding hydrogens is 468 g/mol. The van der Waals surface area contributed by atoms with Gasteiger partial charge in [0.05, 0.1) is 6.61 Å². The van der Waals surface area contributed by atoms with Gasteiger partial charge in [-0.05, 0) is 122 Å². The van der Waals surface area contributed by atoms with Gasteiger partial charge in [0.1, 0.15) is 0 Å².